The lowest BCUT2D eigenvalue weighted by molar-refractivity contribution is -0.116. The average Bonchev–Trinajstić information content (AvgIpc) is 3.24. The number of hydrogen-bond donors (Lipinski definition) is 1. The topological polar surface area (TPSA) is 109 Å². The van der Waals surface area contributed by atoms with Crippen LogP contribution in [0.25, 0.3) is 0 Å². The first-order valence-electron chi connectivity index (χ1n) is 9.67. The average molecular weight is 436 g/mol. The molecule has 2 aliphatic heterocycles. The van der Waals surface area contributed by atoms with Gasteiger partial charge in [-0.2, -0.15) is 5.10 Å². The van der Waals surface area contributed by atoms with E-state index in [1.807, 2.05) is 13.0 Å². The van der Waals surface area contributed by atoms with Gasteiger partial charge in [-0.15, -0.1) is 0 Å². The van der Waals surface area contributed by atoms with Gasteiger partial charge < -0.3 is 19.5 Å². The maximum Gasteiger partial charge on any atom is 0.226 e. The van der Waals surface area contributed by atoms with Crippen molar-refractivity contribution < 1.29 is 27.4 Å². The molecule has 4 rings (SSSR count). The Hall–Kier alpha value is -2.75. The molecule has 1 amide bonds. The van der Waals surface area contributed by atoms with Crippen molar-refractivity contribution in [2.24, 2.45) is 0 Å². The molecule has 2 aromatic rings. The van der Waals surface area contributed by atoms with E-state index in [0.717, 1.165) is 16.8 Å². The number of carbonyl (C=O) groups is 1. The van der Waals surface area contributed by atoms with E-state index >= 15 is 0 Å². The van der Waals surface area contributed by atoms with Gasteiger partial charge >= 0.3 is 0 Å². The standard InChI is InChI=1S/C20H25N3O6S/c1-11-17-14(13-5-6-15(27-2)19(29-4)18(13)28-3)9-16(24)21-20(17)23(22-11)12-7-8-30(25,26)10-12/h5-6,12,14H,7-10H2,1-4H3,(H,21,24)/t12-,14+/m0/s1. The number of rotatable bonds is 5. The van der Waals surface area contributed by atoms with Crippen LogP contribution in [0.2, 0.25) is 0 Å². The zero-order valence-corrected chi connectivity index (χ0v) is 18.2. The molecule has 0 saturated carbocycles. The third kappa shape index (κ3) is 3.28. The number of carbonyl (C=O) groups excluding carboxylic acids is 1. The highest BCUT2D eigenvalue weighted by Crippen LogP contribution is 2.48. The summed E-state index contributed by atoms with van der Waals surface area (Å²) in [4.78, 5) is 12.6. The first kappa shape index (κ1) is 20.5. The number of sulfone groups is 1. The molecule has 10 heteroatoms. The quantitative estimate of drug-likeness (QED) is 0.766. The summed E-state index contributed by atoms with van der Waals surface area (Å²) >= 11 is 0. The fourth-order valence-electron chi connectivity index (χ4n) is 4.47. The smallest absolute Gasteiger partial charge is 0.226 e. The van der Waals surface area contributed by atoms with Crippen molar-refractivity contribution in [2.75, 3.05) is 38.2 Å². The minimum atomic E-state index is -3.09. The van der Waals surface area contributed by atoms with Crippen molar-refractivity contribution in [3.05, 3.63) is 29.0 Å². The summed E-state index contributed by atoms with van der Waals surface area (Å²) in [6.07, 6.45) is 0.699. The first-order valence-corrected chi connectivity index (χ1v) is 11.5. The zero-order chi connectivity index (χ0) is 21.6. The molecule has 30 heavy (non-hydrogen) atoms. The Balaban J connectivity index is 1.85. The van der Waals surface area contributed by atoms with E-state index in [0.29, 0.717) is 29.5 Å². The van der Waals surface area contributed by atoms with Crippen molar-refractivity contribution in [3.63, 3.8) is 0 Å². The van der Waals surface area contributed by atoms with Crippen LogP contribution in [0, 0.1) is 6.92 Å². The monoisotopic (exact) mass is 435 g/mol. The molecular weight excluding hydrogens is 410 g/mol. The van der Waals surface area contributed by atoms with Gasteiger partial charge in [0.25, 0.3) is 0 Å². The Kier molecular flexibility index (Phi) is 5.13. The predicted octanol–water partition coefficient (Wildman–Crippen LogP) is 2.05. The van der Waals surface area contributed by atoms with Gasteiger partial charge in [-0.05, 0) is 19.4 Å². The molecule has 0 bridgehead atoms. The van der Waals surface area contributed by atoms with E-state index in [-0.39, 0.29) is 35.8 Å². The number of aryl methyl sites for hydroxylation is 1. The van der Waals surface area contributed by atoms with Gasteiger partial charge in [0.2, 0.25) is 11.7 Å². The number of anilines is 1. The van der Waals surface area contributed by atoms with Crippen LogP contribution in [0.5, 0.6) is 17.2 Å². The highest BCUT2D eigenvalue weighted by Gasteiger charge is 2.38. The van der Waals surface area contributed by atoms with E-state index < -0.39 is 9.84 Å². The van der Waals surface area contributed by atoms with Gasteiger partial charge in [0, 0.05) is 23.5 Å². The second-order valence-corrected chi connectivity index (χ2v) is 9.81. The molecule has 0 aliphatic carbocycles. The van der Waals surface area contributed by atoms with Crippen LogP contribution in [0.3, 0.4) is 0 Å². The van der Waals surface area contributed by atoms with Crippen LogP contribution in [-0.2, 0) is 14.6 Å². The molecule has 2 aliphatic rings. The molecular formula is C20H25N3O6S. The summed E-state index contributed by atoms with van der Waals surface area (Å²) in [6, 6.07) is 3.36. The molecule has 2 atom stereocenters. The molecule has 162 valence electrons. The Labute approximate surface area is 175 Å². The zero-order valence-electron chi connectivity index (χ0n) is 17.4. The summed E-state index contributed by atoms with van der Waals surface area (Å²) in [5, 5.41) is 7.53. The van der Waals surface area contributed by atoms with Crippen molar-refractivity contribution in [1.29, 1.82) is 0 Å². The Morgan fingerprint density at radius 1 is 1.13 bits per heavy atom. The van der Waals surface area contributed by atoms with E-state index in [4.69, 9.17) is 14.2 Å². The lowest BCUT2D eigenvalue weighted by Crippen LogP contribution is -2.26. The van der Waals surface area contributed by atoms with E-state index in [9.17, 15) is 13.2 Å². The van der Waals surface area contributed by atoms with Crippen molar-refractivity contribution in [3.8, 4) is 17.2 Å². The summed E-state index contributed by atoms with van der Waals surface area (Å²) in [7, 11) is 1.54. The molecule has 1 fully saturated rings. The number of ether oxygens (including phenoxy) is 3. The second-order valence-electron chi connectivity index (χ2n) is 7.58. The number of amides is 1. The van der Waals surface area contributed by atoms with Gasteiger partial charge in [-0.1, -0.05) is 6.07 Å². The number of hydrogen-bond acceptors (Lipinski definition) is 7. The number of nitrogens with one attached hydrogen (secondary N) is 1. The van der Waals surface area contributed by atoms with Gasteiger partial charge in [0.1, 0.15) is 5.82 Å². The number of methoxy groups -OCH3 is 3. The van der Waals surface area contributed by atoms with Crippen LogP contribution in [0.15, 0.2) is 12.1 Å². The van der Waals surface area contributed by atoms with Crippen LogP contribution in [0.1, 0.15) is 41.6 Å². The van der Waals surface area contributed by atoms with E-state index in [1.54, 1.807) is 25.0 Å². The normalized spacial score (nSPS) is 22.3. The van der Waals surface area contributed by atoms with Gasteiger partial charge in [-0.3, -0.25) is 4.79 Å². The molecule has 0 radical (unpaired) electrons. The molecule has 1 aromatic heterocycles. The highest BCUT2D eigenvalue weighted by molar-refractivity contribution is 7.91. The van der Waals surface area contributed by atoms with Gasteiger partial charge in [0.05, 0.1) is 44.6 Å². The molecule has 0 spiro atoms. The van der Waals surface area contributed by atoms with E-state index in [2.05, 4.69) is 10.4 Å². The molecule has 1 N–H and O–H groups in total. The summed E-state index contributed by atoms with van der Waals surface area (Å²) in [5.74, 6) is 1.74. The minimum Gasteiger partial charge on any atom is -0.493 e. The summed E-state index contributed by atoms with van der Waals surface area (Å²) in [5.41, 5.74) is 2.40. The van der Waals surface area contributed by atoms with Crippen molar-refractivity contribution in [2.45, 2.75) is 31.7 Å². The molecule has 0 unspecified atom stereocenters. The number of fused-ring (bicyclic) bond motifs is 1. The molecule has 1 aromatic carbocycles. The molecule has 1 saturated heterocycles. The van der Waals surface area contributed by atoms with Crippen LogP contribution >= 0.6 is 0 Å². The Bertz CT molecular complexity index is 1110. The van der Waals surface area contributed by atoms with Crippen LogP contribution < -0.4 is 19.5 Å². The lowest BCUT2D eigenvalue weighted by Gasteiger charge is -2.27. The van der Waals surface area contributed by atoms with Gasteiger partial charge in [-0.25, -0.2) is 13.1 Å². The highest BCUT2D eigenvalue weighted by atomic mass is 32.2. The third-order valence-electron chi connectivity index (χ3n) is 5.79. The summed E-state index contributed by atoms with van der Waals surface area (Å²) in [6.45, 7) is 1.87. The third-order valence-corrected chi connectivity index (χ3v) is 7.54. The van der Waals surface area contributed by atoms with Crippen LogP contribution in [-0.4, -0.2) is 56.9 Å². The number of benzene rings is 1. The molecule has 9 nitrogen and oxygen atoms in total. The van der Waals surface area contributed by atoms with Crippen molar-refractivity contribution >= 4 is 21.6 Å². The Morgan fingerprint density at radius 3 is 2.47 bits per heavy atom. The SMILES string of the molecule is COc1ccc([C@H]2CC(=O)Nc3c2c(C)nn3[C@H]2CCS(=O)(=O)C2)c(OC)c1OC. The fraction of sp³-hybridized carbons (Fsp3) is 0.500. The number of nitrogens with zero attached hydrogens (tertiary/aromatic N) is 2. The minimum absolute atomic E-state index is 0.0285. The Morgan fingerprint density at radius 2 is 1.87 bits per heavy atom. The van der Waals surface area contributed by atoms with Crippen LogP contribution in [0.4, 0.5) is 5.82 Å². The summed E-state index contributed by atoms with van der Waals surface area (Å²) < 4.78 is 42.2. The first-order chi connectivity index (χ1) is 14.3. The predicted molar refractivity (Wildman–Crippen MR) is 110 cm³/mol. The largest absolute Gasteiger partial charge is 0.493 e. The lowest BCUT2D eigenvalue weighted by atomic mass is 9.85. The van der Waals surface area contributed by atoms with Gasteiger partial charge in [0.15, 0.2) is 21.3 Å². The maximum absolute atomic E-state index is 12.6. The fourth-order valence-corrected chi connectivity index (χ4v) is 6.16. The van der Waals surface area contributed by atoms with Crippen molar-refractivity contribution in [1.82, 2.24) is 9.78 Å². The number of aromatic nitrogens is 2. The molecule has 3 heterocycles. The maximum atomic E-state index is 12.6. The second kappa shape index (κ2) is 7.50. The van der Waals surface area contributed by atoms with E-state index in [1.165, 1.54) is 7.11 Å².